The number of fused-ring (bicyclic) bond motifs is 1. The molecule has 0 atom stereocenters. The Morgan fingerprint density at radius 3 is 1.88 bits per heavy atom. The second-order valence-electron chi connectivity index (χ2n) is 7.52. The first-order chi connectivity index (χ1) is 16.6. The number of para-hydroxylation sites is 2. The fourth-order valence-corrected chi connectivity index (χ4v) is 6.08. The first-order valence-electron chi connectivity index (χ1n) is 10.5. The molecule has 2 aromatic heterocycles. The summed E-state index contributed by atoms with van der Waals surface area (Å²) < 4.78 is 2.15. The molecule has 0 unspecified atom stereocenters. The van der Waals surface area contributed by atoms with E-state index in [9.17, 15) is 4.79 Å². The third-order valence-electron chi connectivity index (χ3n) is 5.30. The van der Waals surface area contributed by atoms with Gasteiger partial charge in [0.15, 0.2) is 0 Å². The maximum absolute atomic E-state index is 11.1. The van der Waals surface area contributed by atoms with Crippen LogP contribution in [0.2, 0.25) is 0 Å². The van der Waals surface area contributed by atoms with Gasteiger partial charge in [-0.05, 0) is 60.2 Å². The minimum Gasteiger partial charge on any atom is -0.477 e. The number of carboxylic acids is 1. The van der Waals surface area contributed by atoms with E-state index in [4.69, 9.17) is 10.4 Å². The third-order valence-corrected chi connectivity index (χ3v) is 7.59. The summed E-state index contributed by atoms with van der Waals surface area (Å²) >= 11 is 3.15. The molecule has 2 heterocycles. The molecule has 5 aromatic rings. The molecule has 0 amide bonds. The Bertz CT molecular complexity index is 1460. The second-order valence-corrected chi connectivity index (χ2v) is 9.72. The highest BCUT2D eigenvalue weighted by Crippen LogP contribution is 2.40. The van der Waals surface area contributed by atoms with Crippen LogP contribution in [0.15, 0.2) is 103 Å². The number of carbonyl (C=O) groups is 1. The van der Waals surface area contributed by atoms with E-state index in [0.29, 0.717) is 0 Å². The van der Waals surface area contributed by atoms with Crippen molar-refractivity contribution >= 4 is 61.2 Å². The largest absolute Gasteiger partial charge is 0.477 e. The lowest BCUT2D eigenvalue weighted by Crippen LogP contribution is -2.09. The lowest BCUT2D eigenvalue weighted by molar-refractivity contribution is -0.132. The number of rotatable bonds is 6. The molecule has 1 N–H and O–H groups in total. The normalized spacial score (nSPS) is 11.3. The van der Waals surface area contributed by atoms with Gasteiger partial charge in [-0.15, -0.1) is 22.7 Å². The highest BCUT2D eigenvalue weighted by Gasteiger charge is 2.14. The molecule has 0 spiro atoms. The number of hydrogen-bond donors (Lipinski definition) is 1. The van der Waals surface area contributed by atoms with E-state index >= 15 is 0 Å². The Labute approximate surface area is 204 Å². The minimum absolute atomic E-state index is 0.258. The molecule has 0 fully saturated rings. The topological polar surface area (TPSA) is 64.3 Å². The lowest BCUT2D eigenvalue weighted by Gasteiger charge is -2.25. The van der Waals surface area contributed by atoms with Crippen LogP contribution >= 0.6 is 22.7 Å². The van der Waals surface area contributed by atoms with Gasteiger partial charge in [-0.3, -0.25) is 0 Å². The van der Waals surface area contributed by atoms with Crippen LogP contribution in [0.25, 0.3) is 25.9 Å². The molecule has 164 valence electrons. The monoisotopic (exact) mass is 478 g/mol. The quantitative estimate of drug-likeness (QED) is 0.198. The van der Waals surface area contributed by atoms with Crippen molar-refractivity contribution in [2.75, 3.05) is 4.90 Å². The Morgan fingerprint density at radius 2 is 1.35 bits per heavy atom. The van der Waals surface area contributed by atoms with Crippen molar-refractivity contribution in [1.82, 2.24) is 0 Å². The Morgan fingerprint density at radius 1 is 0.794 bits per heavy atom. The number of anilines is 3. The molecule has 0 radical (unpaired) electrons. The summed E-state index contributed by atoms with van der Waals surface area (Å²) in [7, 11) is 0. The molecule has 6 heteroatoms. The van der Waals surface area contributed by atoms with Crippen molar-refractivity contribution in [3.8, 4) is 16.5 Å². The van der Waals surface area contributed by atoms with Crippen LogP contribution in [-0.2, 0) is 4.79 Å². The van der Waals surface area contributed by atoms with Gasteiger partial charge in [-0.1, -0.05) is 48.5 Å². The van der Waals surface area contributed by atoms with Crippen LogP contribution < -0.4 is 4.90 Å². The third kappa shape index (κ3) is 4.35. The van der Waals surface area contributed by atoms with E-state index in [1.165, 1.54) is 17.4 Å². The number of aliphatic carboxylic acids is 1. The molecule has 0 saturated carbocycles. The highest BCUT2D eigenvalue weighted by molar-refractivity contribution is 7.29. The van der Waals surface area contributed by atoms with Gasteiger partial charge in [0.1, 0.15) is 11.6 Å². The van der Waals surface area contributed by atoms with Crippen molar-refractivity contribution in [3.05, 3.63) is 108 Å². The van der Waals surface area contributed by atoms with Crippen molar-refractivity contribution < 1.29 is 9.90 Å². The van der Waals surface area contributed by atoms with Gasteiger partial charge >= 0.3 is 5.97 Å². The molecule has 34 heavy (non-hydrogen) atoms. The van der Waals surface area contributed by atoms with Crippen LogP contribution in [0, 0.1) is 11.3 Å². The van der Waals surface area contributed by atoms with Gasteiger partial charge < -0.3 is 10.0 Å². The number of nitrogens with zero attached hydrogens (tertiary/aromatic N) is 2. The Kier molecular flexibility index (Phi) is 5.96. The summed E-state index contributed by atoms with van der Waals surface area (Å²) in [6, 6.07) is 34.9. The van der Waals surface area contributed by atoms with Crippen LogP contribution in [0.1, 0.15) is 4.88 Å². The summed E-state index contributed by atoms with van der Waals surface area (Å²) in [6.45, 7) is 0. The van der Waals surface area contributed by atoms with Crippen LogP contribution in [-0.4, -0.2) is 11.1 Å². The average Bonchev–Trinajstić information content (AvgIpc) is 3.43. The summed E-state index contributed by atoms with van der Waals surface area (Å²) in [4.78, 5) is 15.2. The fourth-order valence-electron chi connectivity index (χ4n) is 3.73. The number of benzene rings is 3. The van der Waals surface area contributed by atoms with Crippen molar-refractivity contribution in [1.29, 1.82) is 5.26 Å². The van der Waals surface area contributed by atoms with Gasteiger partial charge in [-0.2, -0.15) is 5.26 Å². The van der Waals surface area contributed by atoms with Crippen LogP contribution in [0.3, 0.4) is 0 Å². The van der Waals surface area contributed by atoms with Gasteiger partial charge in [-0.25, -0.2) is 4.79 Å². The minimum atomic E-state index is -1.21. The van der Waals surface area contributed by atoms with E-state index in [1.54, 1.807) is 17.4 Å². The molecule has 0 aliphatic heterocycles. The van der Waals surface area contributed by atoms with Crippen LogP contribution in [0.4, 0.5) is 17.1 Å². The molecule has 3 aromatic carbocycles. The maximum atomic E-state index is 11.1. The lowest BCUT2D eigenvalue weighted by atomic mass is 10.1. The zero-order valence-corrected chi connectivity index (χ0v) is 19.5. The summed E-state index contributed by atoms with van der Waals surface area (Å²) in [5.41, 5.74) is 4.13. The molecular formula is C28H18N2O2S2. The summed E-state index contributed by atoms with van der Waals surface area (Å²) in [5.74, 6) is -1.21. The second kappa shape index (κ2) is 9.36. The average molecular weight is 479 g/mol. The highest BCUT2D eigenvalue weighted by atomic mass is 32.1. The van der Waals surface area contributed by atoms with Crippen molar-refractivity contribution in [3.63, 3.8) is 0 Å². The number of hydrogen-bond acceptors (Lipinski definition) is 5. The molecule has 5 rings (SSSR count). The van der Waals surface area contributed by atoms with E-state index in [2.05, 4.69) is 59.5 Å². The van der Waals surface area contributed by atoms with E-state index < -0.39 is 5.97 Å². The van der Waals surface area contributed by atoms with E-state index in [1.807, 2.05) is 42.5 Å². The van der Waals surface area contributed by atoms with Gasteiger partial charge in [0.2, 0.25) is 0 Å². The predicted molar refractivity (Wildman–Crippen MR) is 141 cm³/mol. The maximum Gasteiger partial charge on any atom is 0.346 e. The van der Waals surface area contributed by atoms with Crippen molar-refractivity contribution in [2.24, 2.45) is 0 Å². The Hall–Kier alpha value is -4.18. The molecule has 0 bridgehead atoms. The SMILES string of the molecule is N#C/C(=C/c1cc2sc(-c3ccc(N(c4ccccc4)c4ccccc4)cc3)cc2s1)C(=O)O. The standard InChI is InChI=1S/C28H18N2O2S2/c29-18-20(28(31)32)15-24-16-26-27(33-24)17-25(34-26)19-11-13-23(14-12-19)30(21-7-3-1-4-8-21)22-9-5-2-6-10-22/h1-17H,(H,31,32)/b20-15-. The van der Waals surface area contributed by atoms with E-state index in [-0.39, 0.29) is 5.57 Å². The fraction of sp³-hybridized carbons (Fsp3) is 0. The molecular weight excluding hydrogens is 460 g/mol. The van der Waals surface area contributed by atoms with Crippen LogP contribution in [0.5, 0.6) is 0 Å². The molecule has 4 nitrogen and oxygen atoms in total. The molecule has 0 aliphatic rings. The number of carboxylic acid groups (broad SMARTS) is 1. The van der Waals surface area contributed by atoms with E-state index in [0.717, 1.165) is 41.8 Å². The summed E-state index contributed by atoms with van der Waals surface area (Å²) in [6.07, 6.45) is 1.43. The smallest absolute Gasteiger partial charge is 0.346 e. The zero-order chi connectivity index (χ0) is 23.5. The zero-order valence-electron chi connectivity index (χ0n) is 17.9. The first-order valence-corrected chi connectivity index (χ1v) is 12.1. The summed E-state index contributed by atoms with van der Waals surface area (Å²) in [5, 5.41) is 18.1. The first kappa shape index (κ1) is 21.7. The number of thiophene rings is 2. The van der Waals surface area contributed by atoms with Gasteiger partial charge in [0, 0.05) is 36.2 Å². The Balaban J connectivity index is 1.46. The number of nitriles is 1. The molecule has 0 aliphatic carbocycles. The van der Waals surface area contributed by atoms with Crippen molar-refractivity contribution in [2.45, 2.75) is 0 Å². The van der Waals surface area contributed by atoms with Gasteiger partial charge in [0.05, 0.1) is 0 Å². The molecule has 0 saturated heterocycles. The van der Waals surface area contributed by atoms with Gasteiger partial charge in [0.25, 0.3) is 0 Å². The predicted octanol–water partition coefficient (Wildman–Crippen LogP) is 8.09.